The number of benzene rings is 2. The van der Waals surface area contributed by atoms with Crippen LogP contribution in [0.5, 0.6) is 11.5 Å². The monoisotopic (exact) mass is 293 g/mol. The van der Waals surface area contributed by atoms with Crippen LogP contribution >= 0.6 is 0 Å². The SMILES string of the molecule is CCOc1ccc(NCc2c(F)cccc2F)cc1OC. The molecular formula is C16H17F2NO2. The fourth-order valence-electron chi connectivity index (χ4n) is 1.94. The molecule has 112 valence electrons. The van der Waals surface area contributed by atoms with Gasteiger partial charge in [-0.25, -0.2) is 8.78 Å². The fraction of sp³-hybridized carbons (Fsp3) is 0.250. The minimum absolute atomic E-state index is 0.00496. The summed E-state index contributed by atoms with van der Waals surface area (Å²) in [5.41, 5.74) is 0.698. The predicted molar refractivity (Wildman–Crippen MR) is 77.8 cm³/mol. The molecule has 21 heavy (non-hydrogen) atoms. The van der Waals surface area contributed by atoms with E-state index in [1.807, 2.05) is 6.92 Å². The van der Waals surface area contributed by atoms with Crippen molar-refractivity contribution < 1.29 is 18.3 Å². The van der Waals surface area contributed by atoms with Crippen LogP contribution in [-0.2, 0) is 6.54 Å². The number of hydrogen-bond acceptors (Lipinski definition) is 3. The van der Waals surface area contributed by atoms with E-state index in [-0.39, 0.29) is 12.1 Å². The van der Waals surface area contributed by atoms with Gasteiger partial charge in [-0.1, -0.05) is 6.07 Å². The fourth-order valence-corrected chi connectivity index (χ4v) is 1.94. The molecule has 0 atom stereocenters. The average molecular weight is 293 g/mol. The molecule has 0 saturated heterocycles. The van der Waals surface area contributed by atoms with Crippen molar-refractivity contribution in [1.82, 2.24) is 0 Å². The Bertz CT molecular complexity index is 597. The predicted octanol–water partition coefficient (Wildman–Crippen LogP) is 3.98. The van der Waals surface area contributed by atoms with Gasteiger partial charge in [-0.05, 0) is 31.2 Å². The summed E-state index contributed by atoms with van der Waals surface area (Å²) in [7, 11) is 1.54. The number of ether oxygens (including phenoxy) is 2. The van der Waals surface area contributed by atoms with Crippen LogP contribution in [0.3, 0.4) is 0 Å². The lowest BCUT2D eigenvalue weighted by Crippen LogP contribution is -2.05. The standard InChI is InChI=1S/C16H17F2NO2/c1-3-21-15-8-7-11(9-16(15)20-2)19-10-12-13(17)5-4-6-14(12)18/h4-9,19H,3,10H2,1-2H3. The highest BCUT2D eigenvalue weighted by Crippen LogP contribution is 2.30. The maximum Gasteiger partial charge on any atom is 0.162 e. The van der Waals surface area contributed by atoms with E-state index in [1.54, 1.807) is 18.2 Å². The molecular weight excluding hydrogens is 276 g/mol. The van der Waals surface area contributed by atoms with Crippen molar-refractivity contribution in [3.05, 3.63) is 53.6 Å². The van der Waals surface area contributed by atoms with Crippen LogP contribution in [0.2, 0.25) is 0 Å². The van der Waals surface area contributed by atoms with Crippen LogP contribution in [0, 0.1) is 11.6 Å². The Morgan fingerprint density at radius 3 is 2.38 bits per heavy atom. The first-order valence-electron chi connectivity index (χ1n) is 6.63. The summed E-state index contributed by atoms with van der Waals surface area (Å²) < 4.78 is 37.7. The van der Waals surface area contributed by atoms with Gasteiger partial charge in [-0.3, -0.25) is 0 Å². The Hall–Kier alpha value is -2.30. The first-order valence-corrected chi connectivity index (χ1v) is 6.63. The Morgan fingerprint density at radius 1 is 1.05 bits per heavy atom. The number of anilines is 1. The first-order chi connectivity index (χ1) is 10.2. The molecule has 0 fully saturated rings. The Labute approximate surface area is 122 Å². The smallest absolute Gasteiger partial charge is 0.162 e. The molecule has 0 radical (unpaired) electrons. The van der Waals surface area contributed by atoms with Gasteiger partial charge in [0.1, 0.15) is 11.6 Å². The molecule has 0 aliphatic heterocycles. The number of rotatable bonds is 6. The number of methoxy groups -OCH3 is 1. The van der Waals surface area contributed by atoms with Crippen LogP contribution < -0.4 is 14.8 Å². The Kier molecular flexibility index (Phi) is 4.98. The molecule has 0 spiro atoms. The summed E-state index contributed by atoms with van der Waals surface area (Å²) in [6.07, 6.45) is 0. The maximum absolute atomic E-state index is 13.5. The number of halogens is 2. The summed E-state index contributed by atoms with van der Waals surface area (Å²) in [5.74, 6) is 0.0549. The first kappa shape index (κ1) is 15.1. The highest BCUT2D eigenvalue weighted by atomic mass is 19.1. The van der Waals surface area contributed by atoms with Crippen LogP contribution in [0.25, 0.3) is 0 Å². The molecule has 2 aromatic carbocycles. The largest absolute Gasteiger partial charge is 0.493 e. The molecule has 0 aliphatic rings. The van der Waals surface area contributed by atoms with E-state index >= 15 is 0 Å². The van der Waals surface area contributed by atoms with Crippen LogP contribution in [-0.4, -0.2) is 13.7 Å². The second-order valence-electron chi connectivity index (χ2n) is 4.35. The summed E-state index contributed by atoms with van der Waals surface area (Å²) in [5, 5.41) is 2.97. The van der Waals surface area contributed by atoms with E-state index in [4.69, 9.17) is 9.47 Å². The van der Waals surface area contributed by atoms with E-state index in [0.29, 0.717) is 23.8 Å². The molecule has 0 aromatic heterocycles. The molecule has 2 rings (SSSR count). The molecule has 0 heterocycles. The van der Waals surface area contributed by atoms with Crippen molar-refractivity contribution in [2.24, 2.45) is 0 Å². The zero-order valence-corrected chi connectivity index (χ0v) is 12.0. The van der Waals surface area contributed by atoms with E-state index in [9.17, 15) is 8.78 Å². The van der Waals surface area contributed by atoms with Crippen molar-refractivity contribution in [3.8, 4) is 11.5 Å². The zero-order valence-electron chi connectivity index (χ0n) is 12.0. The molecule has 0 saturated carbocycles. The van der Waals surface area contributed by atoms with E-state index in [2.05, 4.69) is 5.32 Å². The van der Waals surface area contributed by atoms with Crippen molar-refractivity contribution >= 4 is 5.69 Å². The second-order valence-corrected chi connectivity index (χ2v) is 4.35. The normalized spacial score (nSPS) is 10.3. The maximum atomic E-state index is 13.5. The van der Waals surface area contributed by atoms with E-state index in [0.717, 1.165) is 0 Å². The van der Waals surface area contributed by atoms with Crippen LogP contribution in [0.1, 0.15) is 12.5 Å². The molecule has 0 aliphatic carbocycles. The van der Waals surface area contributed by atoms with E-state index in [1.165, 1.54) is 25.3 Å². The molecule has 1 N–H and O–H groups in total. The average Bonchev–Trinajstić information content (AvgIpc) is 2.48. The van der Waals surface area contributed by atoms with Gasteiger partial charge in [0.15, 0.2) is 11.5 Å². The zero-order chi connectivity index (χ0) is 15.2. The lowest BCUT2D eigenvalue weighted by atomic mass is 10.2. The topological polar surface area (TPSA) is 30.5 Å². The lowest BCUT2D eigenvalue weighted by molar-refractivity contribution is 0.311. The molecule has 3 nitrogen and oxygen atoms in total. The van der Waals surface area contributed by atoms with Gasteiger partial charge in [-0.15, -0.1) is 0 Å². The van der Waals surface area contributed by atoms with Gasteiger partial charge in [0.2, 0.25) is 0 Å². The molecule has 0 unspecified atom stereocenters. The van der Waals surface area contributed by atoms with Crippen molar-refractivity contribution in [1.29, 1.82) is 0 Å². The third-order valence-electron chi connectivity index (χ3n) is 2.99. The third kappa shape index (κ3) is 3.62. The lowest BCUT2D eigenvalue weighted by Gasteiger charge is -2.13. The molecule has 2 aromatic rings. The summed E-state index contributed by atoms with van der Waals surface area (Å²) in [4.78, 5) is 0. The summed E-state index contributed by atoms with van der Waals surface area (Å²) >= 11 is 0. The van der Waals surface area contributed by atoms with Gasteiger partial charge < -0.3 is 14.8 Å². The number of nitrogens with one attached hydrogen (secondary N) is 1. The Morgan fingerprint density at radius 2 is 1.76 bits per heavy atom. The van der Waals surface area contributed by atoms with Gasteiger partial charge >= 0.3 is 0 Å². The highest BCUT2D eigenvalue weighted by Gasteiger charge is 2.09. The highest BCUT2D eigenvalue weighted by molar-refractivity contribution is 5.55. The molecule has 0 amide bonds. The van der Waals surface area contributed by atoms with Crippen molar-refractivity contribution in [2.75, 3.05) is 19.0 Å². The van der Waals surface area contributed by atoms with Crippen LogP contribution in [0.15, 0.2) is 36.4 Å². The van der Waals surface area contributed by atoms with Crippen LogP contribution in [0.4, 0.5) is 14.5 Å². The second kappa shape index (κ2) is 6.92. The van der Waals surface area contributed by atoms with Gasteiger partial charge in [0.05, 0.1) is 13.7 Å². The van der Waals surface area contributed by atoms with Gasteiger partial charge in [-0.2, -0.15) is 0 Å². The van der Waals surface area contributed by atoms with Gasteiger partial charge in [0, 0.05) is 23.9 Å². The minimum Gasteiger partial charge on any atom is -0.493 e. The summed E-state index contributed by atoms with van der Waals surface area (Å²) in [6.45, 7) is 2.46. The summed E-state index contributed by atoms with van der Waals surface area (Å²) in [6, 6.07) is 9.06. The minimum atomic E-state index is -0.569. The van der Waals surface area contributed by atoms with E-state index < -0.39 is 11.6 Å². The van der Waals surface area contributed by atoms with Crippen molar-refractivity contribution in [2.45, 2.75) is 13.5 Å². The number of hydrogen-bond donors (Lipinski definition) is 1. The van der Waals surface area contributed by atoms with Gasteiger partial charge in [0.25, 0.3) is 0 Å². The molecule has 0 bridgehead atoms. The molecule has 5 heteroatoms. The third-order valence-corrected chi connectivity index (χ3v) is 2.99. The Balaban J connectivity index is 2.13. The quantitative estimate of drug-likeness (QED) is 0.873. The van der Waals surface area contributed by atoms with Crippen molar-refractivity contribution in [3.63, 3.8) is 0 Å².